The molecule has 0 radical (unpaired) electrons. The van der Waals surface area contributed by atoms with Gasteiger partial charge >= 0.3 is 5.97 Å². The largest absolute Gasteiger partial charge is 0.487 e. The van der Waals surface area contributed by atoms with Gasteiger partial charge in [0.1, 0.15) is 13.2 Å². The summed E-state index contributed by atoms with van der Waals surface area (Å²) in [6.07, 6.45) is 0. The lowest BCUT2D eigenvalue weighted by atomic mass is 10.2. The second-order valence-electron chi connectivity index (χ2n) is 4.58. The van der Waals surface area contributed by atoms with Crippen molar-refractivity contribution in [3.8, 4) is 11.5 Å². The molecule has 0 saturated carbocycles. The minimum atomic E-state index is -1.01. The Hall–Kier alpha value is -2.53. The highest BCUT2D eigenvalue weighted by atomic mass is 16.5. The van der Waals surface area contributed by atoms with Gasteiger partial charge in [0, 0.05) is 7.11 Å². The van der Waals surface area contributed by atoms with E-state index in [1.54, 1.807) is 13.2 Å². The summed E-state index contributed by atoms with van der Waals surface area (Å²) in [5, 5.41) is 9.06. The standard InChI is InChI=1S/C17H18O5/c1-20-9-10-21-16-11-14(17(18)19)7-8-15(16)22-12-13-5-3-2-4-6-13/h2-8,11H,9-10,12H2,1H3,(H,18,19). The highest BCUT2D eigenvalue weighted by Crippen LogP contribution is 2.29. The second-order valence-corrected chi connectivity index (χ2v) is 4.58. The lowest BCUT2D eigenvalue weighted by molar-refractivity contribution is 0.0696. The normalized spacial score (nSPS) is 10.2. The van der Waals surface area contributed by atoms with Crippen molar-refractivity contribution < 1.29 is 24.1 Å². The number of benzene rings is 2. The summed E-state index contributed by atoms with van der Waals surface area (Å²) < 4.78 is 16.2. The molecule has 5 heteroatoms. The summed E-state index contributed by atoms with van der Waals surface area (Å²) in [7, 11) is 1.57. The molecule has 0 aliphatic heterocycles. The fraction of sp³-hybridized carbons (Fsp3) is 0.235. The molecule has 2 aromatic carbocycles. The van der Waals surface area contributed by atoms with Gasteiger partial charge in [-0.05, 0) is 23.8 Å². The van der Waals surface area contributed by atoms with E-state index in [1.165, 1.54) is 12.1 Å². The molecule has 0 amide bonds. The molecule has 0 aromatic heterocycles. The fourth-order valence-corrected chi connectivity index (χ4v) is 1.84. The van der Waals surface area contributed by atoms with Crippen molar-refractivity contribution in [3.63, 3.8) is 0 Å². The zero-order valence-corrected chi connectivity index (χ0v) is 12.3. The van der Waals surface area contributed by atoms with Gasteiger partial charge in [0.15, 0.2) is 11.5 Å². The van der Waals surface area contributed by atoms with Crippen molar-refractivity contribution in [3.05, 3.63) is 59.7 Å². The van der Waals surface area contributed by atoms with Crippen molar-refractivity contribution in [1.29, 1.82) is 0 Å². The summed E-state index contributed by atoms with van der Waals surface area (Å²) in [4.78, 5) is 11.1. The number of methoxy groups -OCH3 is 1. The average Bonchev–Trinajstić information content (AvgIpc) is 2.54. The van der Waals surface area contributed by atoms with E-state index in [-0.39, 0.29) is 5.56 Å². The van der Waals surface area contributed by atoms with E-state index < -0.39 is 5.97 Å². The predicted octanol–water partition coefficient (Wildman–Crippen LogP) is 2.99. The Labute approximate surface area is 129 Å². The molecule has 0 heterocycles. The van der Waals surface area contributed by atoms with Crippen LogP contribution in [0.2, 0.25) is 0 Å². The number of hydrogen-bond acceptors (Lipinski definition) is 4. The smallest absolute Gasteiger partial charge is 0.335 e. The Bertz CT molecular complexity index is 610. The van der Waals surface area contributed by atoms with Gasteiger partial charge in [0.25, 0.3) is 0 Å². The second kappa shape index (κ2) is 8.05. The van der Waals surface area contributed by atoms with Gasteiger partial charge in [0.2, 0.25) is 0 Å². The molecular formula is C17H18O5. The van der Waals surface area contributed by atoms with Crippen LogP contribution in [0.25, 0.3) is 0 Å². The molecule has 1 N–H and O–H groups in total. The van der Waals surface area contributed by atoms with Crippen LogP contribution in [0, 0.1) is 0 Å². The molecule has 0 unspecified atom stereocenters. The zero-order valence-electron chi connectivity index (χ0n) is 12.3. The number of carboxylic acid groups (broad SMARTS) is 1. The maximum absolute atomic E-state index is 11.1. The lowest BCUT2D eigenvalue weighted by Crippen LogP contribution is -2.07. The van der Waals surface area contributed by atoms with E-state index in [4.69, 9.17) is 19.3 Å². The van der Waals surface area contributed by atoms with Crippen LogP contribution in [0.5, 0.6) is 11.5 Å². The molecule has 22 heavy (non-hydrogen) atoms. The Morgan fingerprint density at radius 2 is 1.77 bits per heavy atom. The van der Waals surface area contributed by atoms with Gasteiger partial charge in [-0.3, -0.25) is 0 Å². The van der Waals surface area contributed by atoms with Crippen LogP contribution in [0.4, 0.5) is 0 Å². The third-order valence-electron chi connectivity index (χ3n) is 2.97. The number of carbonyl (C=O) groups is 1. The first kappa shape index (κ1) is 15.9. The Kier molecular flexibility index (Phi) is 5.80. The Balaban J connectivity index is 2.12. The molecule has 0 aliphatic carbocycles. The number of rotatable bonds is 8. The van der Waals surface area contributed by atoms with E-state index >= 15 is 0 Å². The molecule has 0 bridgehead atoms. The van der Waals surface area contributed by atoms with Crippen molar-refractivity contribution >= 4 is 5.97 Å². The number of carboxylic acids is 1. The SMILES string of the molecule is COCCOc1cc(C(=O)O)ccc1OCc1ccccc1. The highest BCUT2D eigenvalue weighted by molar-refractivity contribution is 5.88. The molecule has 2 rings (SSSR count). The van der Waals surface area contributed by atoms with Gasteiger partial charge in [-0.15, -0.1) is 0 Å². The zero-order chi connectivity index (χ0) is 15.8. The Morgan fingerprint density at radius 3 is 2.45 bits per heavy atom. The van der Waals surface area contributed by atoms with Crippen LogP contribution < -0.4 is 9.47 Å². The molecular weight excluding hydrogens is 284 g/mol. The highest BCUT2D eigenvalue weighted by Gasteiger charge is 2.11. The molecule has 2 aromatic rings. The van der Waals surface area contributed by atoms with Gasteiger partial charge in [-0.2, -0.15) is 0 Å². The third kappa shape index (κ3) is 4.49. The predicted molar refractivity (Wildman–Crippen MR) is 81.5 cm³/mol. The van der Waals surface area contributed by atoms with Crippen molar-refractivity contribution in [2.75, 3.05) is 20.3 Å². The molecule has 0 atom stereocenters. The molecule has 0 fully saturated rings. The first-order chi connectivity index (χ1) is 10.7. The van der Waals surface area contributed by atoms with Crippen LogP contribution in [0.1, 0.15) is 15.9 Å². The molecule has 5 nitrogen and oxygen atoms in total. The minimum Gasteiger partial charge on any atom is -0.487 e. The third-order valence-corrected chi connectivity index (χ3v) is 2.97. The monoisotopic (exact) mass is 302 g/mol. The van der Waals surface area contributed by atoms with Crippen LogP contribution in [0.3, 0.4) is 0 Å². The van der Waals surface area contributed by atoms with Gasteiger partial charge in [-0.25, -0.2) is 4.79 Å². The van der Waals surface area contributed by atoms with Crippen LogP contribution in [0.15, 0.2) is 48.5 Å². The summed E-state index contributed by atoms with van der Waals surface area (Å²) in [6.45, 7) is 1.12. The maximum atomic E-state index is 11.1. The fourth-order valence-electron chi connectivity index (χ4n) is 1.84. The summed E-state index contributed by atoms with van der Waals surface area (Å²) in [6, 6.07) is 14.3. The number of ether oxygens (including phenoxy) is 3. The van der Waals surface area contributed by atoms with Gasteiger partial charge < -0.3 is 19.3 Å². The number of hydrogen-bond donors (Lipinski definition) is 1. The van der Waals surface area contributed by atoms with E-state index in [2.05, 4.69) is 0 Å². The van der Waals surface area contributed by atoms with Crippen molar-refractivity contribution in [2.24, 2.45) is 0 Å². The average molecular weight is 302 g/mol. The van der Waals surface area contributed by atoms with E-state index in [1.807, 2.05) is 30.3 Å². The summed E-state index contributed by atoms with van der Waals surface area (Å²) >= 11 is 0. The summed E-state index contributed by atoms with van der Waals surface area (Å²) in [5.41, 5.74) is 1.17. The minimum absolute atomic E-state index is 0.152. The van der Waals surface area contributed by atoms with E-state index in [0.717, 1.165) is 5.56 Å². The maximum Gasteiger partial charge on any atom is 0.335 e. The number of aromatic carboxylic acids is 1. The van der Waals surface area contributed by atoms with E-state index in [0.29, 0.717) is 31.3 Å². The lowest BCUT2D eigenvalue weighted by Gasteiger charge is -2.13. The Morgan fingerprint density at radius 1 is 1.00 bits per heavy atom. The first-order valence-corrected chi connectivity index (χ1v) is 6.86. The molecule has 116 valence electrons. The molecule has 0 saturated heterocycles. The van der Waals surface area contributed by atoms with Crippen LogP contribution in [-0.2, 0) is 11.3 Å². The van der Waals surface area contributed by atoms with Gasteiger partial charge in [0.05, 0.1) is 12.2 Å². The first-order valence-electron chi connectivity index (χ1n) is 6.86. The van der Waals surface area contributed by atoms with Crippen molar-refractivity contribution in [2.45, 2.75) is 6.61 Å². The quantitative estimate of drug-likeness (QED) is 0.759. The molecule has 0 spiro atoms. The van der Waals surface area contributed by atoms with E-state index in [9.17, 15) is 4.79 Å². The topological polar surface area (TPSA) is 65.0 Å². The van der Waals surface area contributed by atoms with Crippen molar-refractivity contribution in [1.82, 2.24) is 0 Å². The summed E-state index contributed by atoms with van der Waals surface area (Å²) in [5.74, 6) is -0.107. The van der Waals surface area contributed by atoms with Crippen LogP contribution >= 0.6 is 0 Å². The van der Waals surface area contributed by atoms with Gasteiger partial charge in [-0.1, -0.05) is 30.3 Å². The molecule has 0 aliphatic rings. The van der Waals surface area contributed by atoms with Crippen LogP contribution in [-0.4, -0.2) is 31.4 Å².